The molecule has 0 fully saturated rings. The molecule has 4 N–H and O–H groups in total. The van der Waals surface area contributed by atoms with Crippen molar-refractivity contribution in [3.8, 4) is 0 Å². The van der Waals surface area contributed by atoms with Gasteiger partial charge < -0.3 is 16.4 Å². The minimum Gasteiger partial charge on any atom is -0.393 e. The molecule has 0 saturated carbocycles. The number of rotatable bonds is 4. The average molecular weight is 299 g/mol. The Balaban J connectivity index is 1.95. The van der Waals surface area contributed by atoms with Crippen LogP contribution in [0.15, 0.2) is 48.5 Å². The number of aryl methyl sites for hydroxylation is 1. The summed E-state index contributed by atoms with van der Waals surface area (Å²) in [5.41, 5.74) is 9.08. The maximum Gasteiger partial charge on any atom is 0.323 e. The highest BCUT2D eigenvalue weighted by atomic mass is 32.1. The largest absolute Gasteiger partial charge is 0.393 e. The summed E-state index contributed by atoms with van der Waals surface area (Å²) < 4.78 is 0. The molecule has 2 rings (SSSR count). The van der Waals surface area contributed by atoms with Gasteiger partial charge in [0, 0.05) is 17.8 Å². The molecule has 4 nitrogen and oxygen atoms in total. The van der Waals surface area contributed by atoms with Gasteiger partial charge in [0.05, 0.1) is 4.99 Å². The Morgan fingerprint density at radius 2 is 1.76 bits per heavy atom. The van der Waals surface area contributed by atoms with E-state index in [1.165, 1.54) is 0 Å². The third kappa shape index (κ3) is 4.89. The van der Waals surface area contributed by atoms with Crippen LogP contribution < -0.4 is 16.4 Å². The van der Waals surface area contributed by atoms with Gasteiger partial charge in [0.15, 0.2) is 0 Å². The number of anilines is 2. The van der Waals surface area contributed by atoms with Crippen molar-refractivity contribution in [3.05, 3.63) is 59.7 Å². The summed E-state index contributed by atoms with van der Waals surface area (Å²) in [5.74, 6) is 0. The minimum absolute atomic E-state index is 0.275. The first-order valence-corrected chi connectivity index (χ1v) is 6.96. The lowest BCUT2D eigenvalue weighted by molar-refractivity contribution is 0.262. The molecule has 0 spiro atoms. The SMILES string of the molecule is Cc1cccc(NC(=O)Nc2ccc(CC(N)=S)cc2)c1. The molecule has 2 aromatic carbocycles. The maximum atomic E-state index is 11.9. The second-order valence-corrected chi connectivity index (χ2v) is 5.31. The molecule has 0 bridgehead atoms. The van der Waals surface area contributed by atoms with Crippen LogP contribution in [0.5, 0.6) is 0 Å². The fourth-order valence-electron chi connectivity index (χ4n) is 1.92. The van der Waals surface area contributed by atoms with E-state index in [-0.39, 0.29) is 6.03 Å². The lowest BCUT2D eigenvalue weighted by atomic mass is 10.1. The van der Waals surface area contributed by atoms with E-state index in [4.69, 9.17) is 18.0 Å². The summed E-state index contributed by atoms with van der Waals surface area (Å²) in [5, 5.41) is 5.56. The average Bonchev–Trinajstić information content (AvgIpc) is 2.40. The van der Waals surface area contributed by atoms with Crippen molar-refractivity contribution in [2.24, 2.45) is 5.73 Å². The van der Waals surface area contributed by atoms with Gasteiger partial charge in [-0.2, -0.15) is 0 Å². The number of benzene rings is 2. The van der Waals surface area contributed by atoms with Crippen molar-refractivity contribution in [2.45, 2.75) is 13.3 Å². The number of nitrogens with two attached hydrogens (primary N) is 1. The summed E-state index contributed by atoms with van der Waals surface area (Å²) in [4.78, 5) is 12.3. The predicted octanol–water partition coefficient (Wildman–Crippen LogP) is 3.47. The third-order valence-corrected chi connectivity index (χ3v) is 3.01. The molecule has 0 unspecified atom stereocenters. The zero-order valence-corrected chi connectivity index (χ0v) is 12.5. The summed E-state index contributed by atoms with van der Waals surface area (Å²) in [6.45, 7) is 1.98. The van der Waals surface area contributed by atoms with Crippen molar-refractivity contribution < 1.29 is 4.79 Å². The smallest absolute Gasteiger partial charge is 0.323 e. The Hall–Kier alpha value is -2.40. The van der Waals surface area contributed by atoms with Crippen LogP contribution in [-0.4, -0.2) is 11.0 Å². The summed E-state index contributed by atoms with van der Waals surface area (Å²) in [6, 6.07) is 14.8. The molecule has 0 radical (unpaired) electrons. The number of amides is 2. The van der Waals surface area contributed by atoms with Gasteiger partial charge in [0.25, 0.3) is 0 Å². The van der Waals surface area contributed by atoms with Crippen LogP contribution in [-0.2, 0) is 6.42 Å². The van der Waals surface area contributed by atoms with Gasteiger partial charge in [-0.15, -0.1) is 0 Å². The van der Waals surface area contributed by atoms with E-state index in [0.717, 1.165) is 16.8 Å². The number of nitrogens with one attached hydrogen (secondary N) is 2. The molecule has 0 heterocycles. The second-order valence-electron chi connectivity index (χ2n) is 4.79. The highest BCUT2D eigenvalue weighted by Crippen LogP contribution is 2.13. The normalized spacial score (nSPS) is 9.95. The molecule has 0 aliphatic rings. The van der Waals surface area contributed by atoms with Gasteiger partial charge in [-0.25, -0.2) is 4.79 Å². The Bertz CT molecular complexity index is 653. The molecule has 2 amide bonds. The molecule has 2 aromatic rings. The van der Waals surface area contributed by atoms with Crippen molar-refractivity contribution in [3.63, 3.8) is 0 Å². The summed E-state index contributed by atoms with van der Waals surface area (Å²) in [7, 11) is 0. The molecule has 0 saturated heterocycles. The number of thiocarbonyl (C=S) groups is 1. The Morgan fingerprint density at radius 1 is 1.10 bits per heavy atom. The topological polar surface area (TPSA) is 67.2 Å². The number of carbonyl (C=O) groups excluding carboxylic acids is 1. The Kier molecular flexibility index (Phi) is 4.90. The van der Waals surface area contributed by atoms with Crippen LogP contribution in [0.2, 0.25) is 0 Å². The van der Waals surface area contributed by atoms with Crippen molar-refractivity contribution in [2.75, 3.05) is 10.6 Å². The second kappa shape index (κ2) is 6.85. The molecular weight excluding hydrogens is 282 g/mol. The van der Waals surface area contributed by atoms with Gasteiger partial charge >= 0.3 is 6.03 Å². The molecule has 0 aliphatic heterocycles. The molecule has 21 heavy (non-hydrogen) atoms. The van der Waals surface area contributed by atoms with Crippen molar-refractivity contribution >= 4 is 34.6 Å². The van der Waals surface area contributed by atoms with Crippen LogP contribution in [0, 0.1) is 6.92 Å². The van der Waals surface area contributed by atoms with E-state index in [9.17, 15) is 4.79 Å². The van der Waals surface area contributed by atoms with E-state index >= 15 is 0 Å². The van der Waals surface area contributed by atoms with E-state index in [0.29, 0.717) is 17.1 Å². The molecule has 0 aliphatic carbocycles. The molecular formula is C16H17N3OS. The molecule has 0 aromatic heterocycles. The van der Waals surface area contributed by atoms with Crippen LogP contribution in [0.3, 0.4) is 0 Å². The first-order valence-electron chi connectivity index (χ1n) is 6.55. The van der Waals surface area contributed by atoms with Crippen LogP contribution in [0.4, 0.5) is 16.2 Å². The highest BCUT2D eigenvalue weighted by Gasteiger charge is 2.03. The fraction of sp³-hybridized carbons (Fsp3) is 0.125. The first-order chi connectivity index (χ1) is 10.0. The zero-order chi connectivity index (χ0) is 15.2. The van der Waals surface area contributed by atoms with Crippen LogP contribution in [0.1, 0.15) is 11.1 Å². The van der Waals surface area contributed by atoms with Gasteiger partial charge in [0.1, 0.15) is 0 Å². The molecule has 108 valence electrons. The van der Waals surface area contributed by atoms with E-state index in [1.807, 2.05) is 55.5 Å². The predicted molar refractivity (Wildman–Crippen MR) is 90.8 cm³/mol. The standard InChI is InChI=1S/C16H17N3OS/c1-11-3-2-4-14(9-11)19-16(20)18-13-7-5-12(6-8-13)10-15(17)21/h2-9H,10H2,1H3,(H2,17,21)(H2,18,19,20). The number of carbonyl (C=O) groups is 1. The molecule has 5 heteroatoms. The zero-order valence-electron chi connectivity index (χ0n) is 11.7. The first kappa shape index (κ1) is 15.0. The van der Waals surface area contributed by atoms with Gasteiger partial charge in [-0.1, -0.05) is 36.5 Å². The van der Waals surface area contributed by atoms with E-state index in [2.05, 4.69) is 10.6 Å². The Morgan fingerprint density at radius 3 is 2.38 bits per heavy atom. The van der Waals surface area contributed by atoms with Crippen molar-refractivity contribution in [1.29, 1.82) is 0 Å². The van der Waals surface area contributed by atoms with Crippen LogP contribution >= 0.6 is 12.2 Å². The monoisotopic (exact) mass is 299 g/mol. The third-order valence-electron chi connectivity index (χ3n) is 2.87. The van der Waals surface area contributed by atoms with E-state index < -0.39 is 0 Å². The quantitative estimate of drug-likeness (QED) is 0.757. The number of hydrogen-bond acceptors (Lipinski definition) is 2. The Labute approximate surface area is 129 Å². The minimum atomic E-state index is -0.275. The summed E-state index contributed by atoms with van der Waals surface area (Å²) >= 11 is 4.86. The summed E-state index contributed by atoms with van der Waals surface area (Å²) in [6.07, 6.45) is 0.561. The maximum absolute atomic E-state index is 11.9. The van der Waals surface area contributed by atoms with Crippen LogP contribution in [0.25, 0.3) is 0 Å². The fourth-order valence-corrected chi connectivity index (χ4v) is 2.09. The highest BCUT2D eigenvalue weighted by molar-refractivity contribution is 7.80. The number of hydrogen-bond donors (Lipinski definition) is 3. The lowest BCUT2D eigenvalue weighted by Crippen LogP contribution is -2.19. The van der Waals surface area contributed by atoms with Gasteiger partial charge in [-0.05, 0) is 42.3 Å². The van der Waals surface area contributed by atoms with Gasteiger partial charge in [-0.3, -0.25) is 0 Å². The van der Waals surface area contributed by atoms with Gasteiger partial charge in [0.2, 0.25) is 0 Å². The van der Waals surface area contributed by atoms with E-state index in [1.54, 1.807) is 0 Å². The molecule has 0 atom stereocenters. The number of urea groups is 1. The lowest BCUT2D eigenvalue weighted by Gasteiger charge is -2.09. The van der Waals surface area contributed by atoms with Crippen molar-refractivity contribution in [1.82, 2.24) is 0 Å².